The van der Waals surface area contributed by atoms with Gasteiger partial charge in [-0.3, -0.25) is 34.2 Å². The molecule has 2 spiro atoms. The highest BCUT2D eigenvalue weighted by atomic mass is 32.2. The van der Waals surface area contributed by atoms with Gasteiger partial charge in [-0.2, -0.15) is 0 Å². The predicted octanol–water partition coefficient (Wildman–Crippen LogP) is 21.1. The number of likely N-dealkylation sites (tertiary alicyclic amines) is 7. The third-order valence-electron chi connectivity index (χ3n) is 26.6. The number of sulfone groups is 1. The first kappa shape index (κ1) is 121. The molecule has 4 bridgehead atoms. The summed E-state index contributed by atoms with van der Waals surface area (Å²) >= 11 is 0. The Morgan fingerprint density at radius 3 is 0.992 bits per heavy atom. The molecule has 752 valence electrons. The molecule has 12 aliphatic rings. The van der Waals surface area contributed by atoms with E-state index in [9.17, 15) is 18.3 Å². The van der Waals surface area contributed by atoms with E-state index in [2.05, 4.69) is 256 Å². The van der Waals surface area contributed by atoms with Gasteiger partial charge in [-0.15, -0.1) is 0 Å². The van der Waals surface area contributed by atoms with E-state index in [4.69, 9.17) is 23.7 Å². The van der Waals surface area contributed by atoms with Gasteiger partial charge in [0.25, 0.3) is 0 Å². The molecule has 12 heterocycles. The Hall–Kier alpha value is -2.48. The standard InChI is InChI=1S/2C13H24N2.C11H22N2.2C11H21NO2.C11H23N.C9H17NO.C9H19N.C8H18O.C5H12O2S.C5H12O/c2*1-10(2)15-11-6-7-12(15)9-14(8-11)13(3,4)5;1-10(2)12-6-8-13(9-7-12)11(3,4)5;1-10(2,3)12-6-4-11(5-7-12)13-8-9-14-11;1-11(2,3)14-9-10(13)12-7-5-4-6-8-12;1-11(2,3)7-10-12-8-5-4-6-9-12;1-8(2,3)10-4-9(5-10)6-11-7-9;1-9(2,3)10-7-5-4-6-8-10;1-7(2,3)6-8(4,5)9;1-5(2,3)8(4,6)7;1-5(2,3)6-4/h2*11-12H,1,6-9H2,2-5H3;1,6-9H2,2-5H3;2*4-9H2,1-3H3;4-10H2,1-3H3;4-7H2,1-3H3;4-8H2,1-3H3;9H,6H2,1-5H3;1-4H3;1-4H3. The first-order valence-electron chi connectivity index (χ1n) is 50.2. The zero-order chi connectivity index (χ0) is 98.0. The number of ether oxygens (including phenoxy) is 5. The second kappa shape index (κ2) is 51.1. The number of nitrogens with zero attached hydrogens (tertiary/aromatic N) is 11. The Balaban J connectivity index is 0.000000477. The molecule has 12 rings (SSSR count). The highest BCUT2D eigenvalue weighted by Gasteiger charge is 2.52. The first-order valence-corrected chi connectivity index (χ1v) is 52.1. The van der Waals surface area contributed by atoms with E-state index < -0.39 is 20.2 Å². The average molecular weight is 1820 g/mol. The van der Waals surface area contributed by atoms with E-state index in [0.29, 0.717) is 38.5 Å². The molecular formula is C106H213N11O9S. The minimum Gasteiger partial charge on any atom is -0.390 e. The zero-order valence-corrected chi connectivity index (χ0v) is 92.3. The van der Waals surface area contributed by atoms with Crippen molar-refractivity contribution >= 4 is 15.7 Å². The molecule has 12 fully saturated rings. The monoisotopic (exact) mass is 1820 g/mol. The summed E-state index contributed by atoms with van der Waals surface area (Å²) in [5, 5.41) is 9.35. The molecule has 4 unspecified atom stereocenters. The van der Waals surface area contributed by atoms with Crippen LogP contribution in [0.15, 0.2) is 36.8 Å². The van der Waals surface area contributed by atoms with Crippen molar-refractivity contribution in [3.63, 3.8) is 0 Å². The third kappa shape index (κ3) is 48.2. The largest absolute Gasteiger partial charge is 0.390 e. The maximum atomic E-state index is 11.6. The van der Waals surface area contributed by atoms with Crippen molar-refractivity contribution in [2.45, 2.75) is 457 Å². The fourth-order valence-electron chi connectivity index (χ4n) is 18.1. The molecule has 12 saturated heterocycles. The molecule has 1 amide bonds. The molecule has 127 heavy (non-hydrogen) atoms. The molecular weight excluding hydrogens is 1600 g/mol. The highest BCUT2D eigenvalue weighted by Crippen LogP contribution is 2.42. The average Bonchev–Trinajstić information content (AvgIpc) is 1.63. The maximum Gasteiger partial charge on any atom is 0.248 e. The number of fused-ring (bicyclic) bond motifs is 4. The van der Waals surface area contributed by atoms with E-state index in [1.165, 1.54) is 172 Å². The van der Waals surface area contributed by atoms with Crippen LogP contribution in [0.2, 0.25) is 0 Å². The summed E-state index contributed by atoms with van der Waals surface area (Å²) in [5.41, 5.74) is 6.36. The van der Waals surface area contributed by atoms with Gasteiger partial charge in [0, 0.05) is 198 Å². The van der Waals surface area contributed by atoms with Crippen LogP contribution >= 0.6 is 0 Å². The minimum absolute atomic E-state index is 0.0417. The Morgan fingerprint density at radius 1 is 0.417 bits per heavy atom. The number of piperazine rings is 3. The Morgan fingerprint density at radius 2 is 0.740 bits per heavy atom. The minimum atomic E-state index is -2.84. The summed E-state index contributed by atoms with van der Waals surface area (Å²) in [5.74, 6) is -0.0819. The summed E-state index contributed by atoms with van der Waals surface area (Å²) in [6.07, 6.45) is 22.9. The number of hydrogen-bond acceptors (Lipinski definition) is 19. The van der Waals surface area contributed by atoms with Gasteiger partial charge in [0.05, 0.1) is 48.0 Å². The van der Waals surface area contributed by atoms with Crippen molar-refractivity contribution in [3.05, 3.63) is 36.8 Å². The molecule has 0 aromatic carbocycles. The third-order valence-corrected chi connectivity index (χ3v) is 28.8. The smallest absolute Gasteiger partial charge is 0.248 e. The van der Waals surface area contributed by atoms with Crippen LogP contribution in [0.25, 0.3) is 0 Å². The summed E-state index contributed by atoms with van der Waals surface area (Å²) in [4.78, 5) is 39.1. The molecule has 20 nitrogen and oxygen atoms in total. The van der Waals surface area contributed by atoms with E-state index in [1.54, 1.807) is 27.9 Å². The summed E-state index contributed by atoms with van der Waals surface area (Å²) in [7, 11) is -1.13. The van der Waals surface area contributed by atoms with Crippen LogP contribution in [0.1, 0.15) is 372 Å². The van der Waals surface area contributed by atoms with Crippen LogP contribution < -0.4 is 0 Å². The molecule has 4 atom stereocenters. The lowest BCUT2D eigenvalue weighted by Crippen LogP contribution is -2.69. The summed E-state index contributed by atoms with van der Waals surface area (Å²) < 4.78 is 47.7. The van der Waals surface area contributed by atoms with Crippen LogP contribution in [-0.4, -0.2) is 329 Å². The molecule has 0 aromatic heterocycles. The van der Waals surface area contributed by atoms with Crippen molar-refractivity contribution in [2.24, 2.45) is 16.2 Å². The number of carbonyl (C=O) groups excluding carboxylic acids is 1. The number of hydrogen-bond donors (Lipinski definition) is 1. The Kier molecular flexibility index (Phi) is 48.5. The van der Waals surface area contributed by atoms with Gasteiger partial charge in [0.1, 0.15) is 6.61 Å². The number of carbonyl (C=O) groups is 1. The van der Waals surface area contributed by atoms with Gasteiger partial charge in [0.2, 0.25) is 5.91 Å². The van der Waals surface area contributed by atoms with Crippen molar-refractivity contribution in [1.82, 2.24) is 53.9 Å². The second-order valence-electron chi connectivity index (χ2n) is 51.4. The molecule has 12 aliphatic heterocycles. The fourth-order valence-corrected chi connectivity index (χ4v) is 18.1. The molecule has 0 radical (unpaired) electrons. The maximum absolute atomic E-state index is 11.6. The van der Waals surface area contributed by atoms with Crippen LogP contribution in [0, 0.1) is 16.2 Å². The van der Waals surface area contributed by atoms with Crippen LogP contribution in [0.3, 0.4) is 0 Å². The number of amides is 1. The molecule has 0 aromatic rings. The van der Waals surface area contributed by atoms with Crippen LogP contribution in [0.4, 0.5) is 0 Å². The summed E-state index contributed by atoms with van der Waals surface area (Å²) in [6.45, 7) is 120. The van der Waals surface area contributed by atoms with Crippen molar-refractivity contribution in [1.29, 1.82) is 0 Å². The lowest BCUT2D eigenvalue weighted by atomic mass is 9.75. The molecule has 0 saturated carbocycles. The van der Waals surface area contributed by atoms with Gasteiger partial charge >= 0.3 is 0 Å². The van der Waals surface area contributed by atoms with Gasteiger partial charge in [-0.05, 0) is 349 Å². The highest BCUT2D eigenvalue weighted by molar-refractivity contribution is 7.92. The van der Waals surface area contributed by atoms with E-state index in [-0.39, 0.29) is 40.5 Å². The van der Waals surface area contributed by atoms with Crippen LogP contribution in [0.5, 0.6) is 0 Å². The van der Waals surface area contributed by atoms with Gasteiger partial charge in [-0.25, -0.2) is 8.42 Å². The molecule has 21 heteroatoms. The topological polar surface area (TPSA) is 153 Å². The van der Waals surface area contributed by atoms with E-state index in [0.717, 1.165) is 135 Å². The first-order chi connectivity index (χ1) is 57.4. The van der Waals surface area contributed by atoms with Gasteiger partial charge < -0.3 is 53.3 Å². The number of aliphatic hydroxyl groups is 1. The SMILES string of the molecule is C=C(C)N1C2CCC1CN(C(C)(C)C)C2.C=C(C)N1C2CCC1CN(C(C)(C)C)C2.C=C(C)N1CCN(C(C)(C)C)CC1.CC(C)(C)CC(C)(C)O.CC(C)(C)CCN1CCCCC1.CC(C)(C)N1CC2(COC2)C1.CC(C)(C)N1CCC2(CC1)OCCO2.CC(C)(C)N1CCCCC1.CC(C)(C)OCC(=O)N1CCCCC1.CC(C)(C)S(C)(=O)=O.COC(C)(C)C. The zero-order valence-electron chi connectivity index (χ0n) is 91.5. The number of allylic oxidation sites excluding steroid dienone is 3. The molecule has 1 N–H and O–H groups in total. The summed E-state index contributed by atoms with van der Waals surface area (Å²) in [6, 6.07) is 2.89. The number of rotatable bonds is 8. The van der Waals surface area contributed by atoms with Gasteiger partial charge in [0.15, 0.2) is 15.6 Å². The van der Waals surface area contributed by atoms with E-state index >= 15 is 0 Å². The second-order valence-corrected chi connectivity index (χ2v) is 54.2. The lowest BCUT2D eigenvalue weighted by Gasteiger charge is -2.59. The number of methoxy groups -OCH3 is 1. The van der Waals surface area contributed by atoms with Crippen molar-refractivity contribution < 1.29 is 42.0 Å². The quantitative estimate of drug-likeness (QED) is 0.245. The number of piperidine rings is 4. The van der Waals surface area contributed by atoms with Crippen molar-refractivity contribution in [3.8, 4) is 0 Å². The predicted molar refractivity (Wildman–Crippen MR) is 544 cm³/mol. The fraction of sp³-hybridized carbons (Fsp3) is 0.934. The van der Waals surface area contributed by atoms with E-state index in [1.807, 2.05) is 60.3 Å². The van der Waals surface area contributed by atoms with Crippen molar-refractivity contribution in [2.75, 3.05) is 171 Å². The van der Waals surface area contributed by atoms with Gasteiger partial charge in [-0.1, -0.05) is 74.1 Å². The lowest BCUT2D eigenvalue weighted by molar-refractivity contribution is -0.207. The normalized spacial score (nSPS) is 23.7. The molecule has 0 aliphatic carbocycles. The Labute approximate surface area is 787 Å². The Bertz CT molecular complexity index is 3110. The van der Waals surface area contributed by atoms with Crippen LogP contribution in [-0.2, 0) is 38.3 Å².